The molecule has 3 radical (unpaired) electrons. The van der Waals surface area contributed by atoms with Crippen LogP contribution in [0, 0.1) is 19.8 Å². The van der Waals surface area contributed by atoms with Crippen molar-refractivity contribution in [3.63, 3.8) is 0 Å². The second-order valence-corrected chi connectivity index (χ2v) is 6.21. The molecule has 0 bridgehead atoms. The van der Waals surface area contributed by atoms with Gasteiger partial charge in [-0.05, 0) is 61.3 Å². The van der Waals surface area contributed by atoms with E-state index in [2.05, 4.69) is 36.5 Å². The number of hydrogen-bond acceptors (Lipinski definition) is 1. The summed E-state index contributed by atoms with van der Waals surface area (Å²) >= 11 is 0. The van der Waals surface area contributed by atoms with Crippen LogP contribution in [-0.4, -0.2) is 10.5 Å². The number of rotatable bonds is 2. The van der Waals surface area contributed by atoms with Gasteiger partial charge in [0.05, 0.1) is 0 Å². The Bertz CT molecular complexity index is 524. The van der Waals surface area contributed by atoms with Crippen molar-refractivity contribution in [1.82, 2.24) is 0 Å². The summed E-state index contributed by atoms with van der Waals surface area (Å²) < 4.78 is 5.62. The minimum atomic E-state index is 0.729. The van der Waals surface area contributed by atoms with Gasteiger partial charge in [-0.25, -0.2) is 0 Å². The van der Waals surface area contributed by atoms with E-state index in [4.69, 9.17) is 4.43 Å². The molecule has 1 saturated carbocycles. The van der Waals surface area contributed by atoms with Crippen LogP contribution in [0.25, 0.3) is 5.76 Å². The molecule has 3 rings (SSSR count). The van der Waals surface area contributed by atoms with Crippen molar-refractivity contribution in [3.8, 4) is 0 Å². The van der Waals surface area contributed by atoms with Crippen molar-refractivity contribution < 1.29 is 4.43 Å². The van der Waals surface area contributed by atoms with Gasteiger partial charge in [0, 0.05) is 5.56 Å². The Labute approximate surface area is 119 Å². The first-order chi connectivity index (χ1) is 9.22. The molecule has 2 heteroatoms. The normalized spacial score (nSPS) is 19.7. The third-order valence-corrected chi connectivity index (χ3v) is 5.13. The summed E-state index contributed by atoms with van der Waals surface area (Å²) in [6.07, 6.45) is 7.90. The maximum Gasteiger partial charge on any atom is 0.341 e. The third kappa shape index (κ3) is 2.16. The molecular formula is C17H21OSi. The molecule has 1 aromatic carbocycles. The Morgan fingerprint density at radius 3 is 2.53 bits per heavy atom. The predicted octanol–water partition coefficient (Wildman–Crippen LogP) is 4.25. The highest BCUT2D eigenvalue weighted by Crippen LogP contribution is 2.43. The molecule has 19 heavy (non-hydrogen) atoms. The van der Waals surface area contributed by atoms with Gasteiger partial charge < -0.3 is 4.43 Å². The minimum Gasteiger partial charge on any atom is -0.540 e. The molecule has 0 heterocycles. The summed E-state index contributed by atoms with van der Waals surface area (Å²) in [6.45, 7) is 4.39. The van der Waals surface area contributed by atoms with Crippen molar-refractivity contribution in [2.45, 2.75) is 52.4 Å². The first-order valence-electron chi connectivity index (χ1n) is 7.38. The molecule has 1 aromatic rings. The molecule has 2 aliphatic carbocycles. The first-order valence-corrected chi connectivity index (χ1v) is 7.79. The fraction of sp³-hybridized carbons (Fsp3) is 0.529. The number of fused-ring (bicyclic) bond motifs is 1. The van der Waals surface area contributed by atoms with E-state index in [0.29, 0.717) is 0 Å². The summed E-state index contributed by atoms with van der Waals surface area (Å²) in [7, 11) is 3.31. The summed E-state index contributed by atoms with van der Waals surface area (Å²) in [6, 6.07) is 4.52. The largest absolute Gasteiger partial charge is 0.540 e. The minimum absolute atomic E-state index is 0.729. The Morgan fingerprint density at radius 1 is 1.11 bits per heavy atom. The number of allylic oxidation sites excluding steroid dienone is 1. The molecule has 0 aromatic heterocycles. The van der Waals surface area contributed by atoms with E-state index in [1.165, 1.54) is 59.9 Å². The van der Waals surface area contributed by atoms with Gasteiger partial charge in [-0.15, -0.1) is 0 Å². The zero-order valence-electron chi connectivity index (χ0n) is 11.9. The average molecular weight is 269 g/mol. The second kappa shape index (κ2) is 5.16. The lowest BCUT2D eigenvalue weighted by molar-refractivity contribution is 0.394. The van der Waals surface area contributed by atoms with Crippen molar-refractivity contribution in [1.29, 1.82) is 0 Å². The van der Waals surface area contributed by atoms with Crippen LogP contribution in [0.15, 0.2) is 17.7 Å². The lowest BCUT2D eigenvalue weighted by atomic mass is 9.83. The highest BCUT2D eigenvalue weighted by atomic mass is 28.2. The average Bonchev–Trinajstić information content (AvgIpc) is 2.83. The Hall–Kier alpha value is -1.02. The summed E-state index contributed by atoms with van der Waals surface area (Å²) in [5.41, 5.74) is 7.03. The summed E-state index contributed by atoms with van der Waals surface area (Å²) in [5.74, 6) is 1.84. The van der Waals surface area contributed by atoms with Crippen LogP contribution in [0.2, 0.25) is 0 Å². The standard InChI is InChI=1S/C17H21OSi/c1-11-8-9-14-10-15(13-6-4-3-5-7-13)17(18-19)16(14)12(11)2/h8-9,13H,3-7,10H2,1-2H3. The van der Waals surface area contributed by atoms with Gasteiger partial charge in [0.1, 0.15) is 5.76 Å². The fourth-order valence-corrected chi connectivity index (χ4v) is 3.91. The van der Waals surface area contributed by atoms with E-state index in [1.807, 2.05) is 0 Å². The lowest BCUT2D eigenvalue weighted by Gasteiger charge is -2.24. The third-order valence-electron chi connectivity index (χ3n) is 4.92. The van der Waals surface area contributed by atoms with Crippen LogP contribution in [0.1, 0.15) is 54.4 Å². The Morgan fingerprint density at radius 2 is 1.84 bits per heavy atom. The fourth-order valence-electron chi connectivity index (χ4n) is 3.68. The zero-order chi connectivity index (χ0) is 13.4. The quantitative estimate of drug-likeness (QED) is 0.729. The van der Waals surface area contributed by atoms with E-state index in [-0.39, 0.29) is 0 Å². The summed E-state index contributed by atoms with van der Waals surface area (Å²) in [5, 5.41) is 0. The molecule has 1 fully saturated rings. The second-order valence-electron chi connectivity index (χ2n) is 6.01. The molecule has 1 nitrogen and oxygen atoms in total. The van der Waals surface area contributed by atoms with Crippen molar-refractivity contribution in [3.05, 3.63) is 40.0 Å². The molecule has 0 amide bonds. The molecule has 0 atom stereocenters. The van der Waals surface area contributed by atoms with Gasteiger partial charge >= 0.3 is 10.5 Å². The van der Waals surface area contributed by atoms with Crippen LogP contribution in [-0.2, 0) is 10.8 Å². The van der Waals surface area contributed by atoms with Crippen molar-refractivity contribution >= 4 is 16.2 Å². The van der Waals surface area contributed by atoms with E-state index >= 15 is 0 Å². The molecule has 0 unspecified atom stereocenters. The molecular weight excluding hydrogens is 248 g/mol. The maximum absolute atomic E-state index is 5.62. The molecule has 0 spiro atoms. The van der Waals surface area contributed by atoms with Gasteiger partial charge in [-0.2, -0.15) is 0 Å². The molecule has 0 aliphatic heterocycles. The SMILES string of the molecule is Cc1ccc2c(c1C)C(O[Si])=C(C1CCCCC1)C2. The monoisotopic (exact) mass is 269 g/mol. The van der Waals surface area contributed by atoms with Gasteiger partial charge in [0.2, 0.25) is 0 Å². The number of aryl methyl sites for hydroxylation is 1. The van der Waals surface area contributed by atoms with Gasteiger partial charge in [0.25, 0.3) is 0 Å². The van der Waals surface area contributed by atoms with Gasteiger partial charge in [-0.3, -0.25) is 0 Å². The molecule has 2 aliphatic rings. The zero-order valence-corrected chi connectivity index (χ0v) is 12.9. The first kappa shape index (κ1) is 13.0. The Kier molecular flexibility index (Phi) is 3.53. The topological polar surface area (TPSA) is 9.23 Å². The van der Waals surface area contributed by atoms with E-state index in [9.17, 15) is 0 Å². The molecule has 0 saturated heterocycles. The number of hydrogen-bond donors (Lipinski definition) is 0. The lowest BCUT2D eigenvalue weighted by Crippen LogP contribution is -2.10. The Balaban J connectivity index is 2.03. The smallest absolute Gasteiger partial charge is 0.341 e. The predicted molar refractivity (Wildman–Crippen MR) is 80.0 cm³/mol. The molecule has 99 valence electrons. The van der Waals surface area contributed by atoms with Crippen molar-refractivity contribution in [2.75, 3.05) is 0 Å². The highest BCUT2D eigenvalue weighted by Gasteiger charge is 2.30. The van der Waals surface area contributed by atoms with Gasteiger partial charge in [-0.1, -0.05) is 31.4 Å². The summed E-state index contributed by atoms with van der Waals surface area (Å²) in [4.78, 5) is 0. The highest BCUT2D eigenvalue weighted by molar-refractivity contribution is 6.02. The van der Waals surface area contributed by atoms with Crippen LogP contribution < -0.4 is 0 Å². The molecule has 0 N–H and O–H groups in total. The van der Waals surface area contributed by atoms with Gasteiger partial charge in [0.15, 0.2) is 0 Å². The van der Waals surface area contributed by atoms with E-state index < -0.39 is 0 Å². The van der Waals surface area contributed by atoms with Crippen LogP contribution in [0.3, 0.4) is 0 Å². The van der Waals surface area contributed by atoms with Crippen LogP contribution in [0.5, 0.6) is 0 Å². The van der Waals surface area contributed by atoms with E-state index in [1.54, 1.807) is 0 Å². The number of benzene rings is 1. The van der Waals surface area contributed by atoms with Crippen LogP contribution >= 0.6 is 0 Å². The van der Waals surface area contributed by atoms with Crippen molar-refractivity contribution in [2.24, 2.45) is 5.92 Å². The van der Waals surface area contributed by atoms with Crippen LogP contribution in [0.4, 0.5) is 0 Å². The van der Waals surface area contributed by atoms with E-state index in [0.717, 1.165) is 18.1 Å². The maximum atomic E-state index is 5.62.